The smallest absolute Gasteiger partial charge is 0.306 e. The van der Waals surface area contributed by atoms with Gasteiger partial charge in [-0.15, -0.1) is 0 Å². The topological polar surface area (TPSA) is 78.9 Å². The van der Waals surface area contributed by atoms with E-state index in [0.717, 1.165) is 70.6 Å². The monoisotopic (exact) mass is 901 g/mol. The Kier molecular flexibility index (Phi) is 51.7. The van der Waals surface area contributed by atoms with E-state index in [1.807, 2.05) is 0 Å². The predicted molar refractivity (Wildman–Crippen MR) is 275 cm³/mol. The average molecular weight is 901 g/mol. The van der Waals surface area contributed by atoms with Crippen LogP contribution in [0.25, 0.3) is 0 Å². The van der Waals surface area contributed by atoms with Crippen LogP contribution in [0.3, 0.4) is 0 Å². The van der Waals surface area contributed by atoms with Gasteiger partial charge in [0.2, 0.25) is 0 Å². The van der Waals surface area contributed by atoms with Crippen molar-refractivity contribution in [3.05, 3.63) is 24.3 Å². The minimum Gasteiger partial charge on any atom is -0.462 e. The molecule has 0 aromatic rings. The van der Waals surface area contributed by atoms with E-state index >= 15 is 0 Å². The van der Waals surface area contributed by atoms with Gasteiger partial charge in [-0.2, -0.15) is 0 Å². The second-order valence-electron chi connectivity index (χ2n) is 19.2. The molecule has 0 fully saturated rings. The molecule has 1 atom stereocenters. The summed E-state index contributed by atoms with van der Waals surface area (Å²) in [4.78, 5) is 38.1. The molecular weight excluding hydrogens is 793 g/mol. The SMILES string of the molecule is CCCCCC/C=C\CCCCCCCC(=O)OC[C@H](COC(=O)CCCCCCCCCCCCCCCCCCC)OC(=O)CCCCCCC/C=C\CCCCCCCCC. The van der Waals surface area contributed by atoms with Gasteiger partial charge in [0.15, 0.2) is 6.10 Å². The van der Waals surface area contributed by atoms with Crippen molar-refractivity contribution >= 4 is 17.9 Å². The molecule has 6 heteroatoms. The highest BCUT2D eigenvalue weighted by Gasteiger charge is 2.19. The Morgan fingerprint density at radius 2 is 0.516 bits per heavy atom. The quantitative estimate of drug-likeness (QED) is 0.0262. The first-order chi connectivity index (χ1) is 31.5. The summed E-state index contributed by atoms with van der Waals surface area (Å²) in [6.07, 6.45) is 61.6. The van der Waals surface area contributed by atoms with E-state index in [2.05, 4.69) is 45.1 Å². The maximum absolute atomic E-state index is 12.8. The second-order valence-corrected chi connectivity index (χ2v) is 19.2. The van der Waals surface area contributed by atoms with Crippen molar-refractivity contribution < 1.29 is 28.6 Å². The number of carbonyl (C=O) groups is 3. The molecule has 0 aliphatic carbocycles. The van der Waals surface area contributed by atoms with Crippen molar-refractivity contribution in [2.45, 2.75) is 316 Å². The van der Waals surface area contributed by atoms with Gasteiger partial charge in [0.1, 0.15) is 13.2 Å². The molecule has 0 rings (SSSR count). The van der Waals surface area contributed by atoms with Gasteiger partial charge in [-0.25, -0.2) is 0 Å². The molecule has 0 bridgehead atoms. The van der Waals surface area contributed by atoms with Gasteiger partial charge in [0.25, 0.3) is 0 Å². The van der Waals surface area contributed by atoms with Crippen molar-refractivity contribution in [2.75, 3.05) is 13.2 Å². The van der Waals surface area contributed by atoms with Gasteiger partial charge in [0.05, 0.1) is 0 Å². The lowest BCUT2D eigenvalue weighted by Crippen LogP contribution is -2.30. The van der Waals surface area contributed by atoms with Crippen LogP contribution in [0.5, 0.6) is 0 Å². The molecule has 0 aliphatic rings. The van der Waals surface area contributed by atoms with Crippen LogP contribution in [0.15, 0.2) is 24.3 Å². The number of hydrogen-bond donors (Lipinski definition) is 0. The lowest BCUT2D eigenvalue weighted by atomic mass is 10.0. The summed E-state index contributed by atoms with van der Waals surface area (Å²) < 4.78 is 16.8. The van der Waals surface area contributed by atoms with E-state index < -0.39 is 6.10 Å². The van der Waals surface area contributed by atoms with Gasteiger partial charge >= 0.3 is 17.9 Å². The number of allylic oxidation sites excluding steroid dienone is 4. The lowest BCUT2D eigenvalue weighted by molar-refractivity contribution is -0.167. The Morgan fingerprint density at radius 3 is 0.797 bits per heavy atom. The van der Waals surface area contributed by atoms with Crippen molar-refractivity contribution in [1.82, 2.24) is 0 Å². The third-order valence-electron chi connectivity index (χ3n) is 12.7. The molecule has 0 N–H and O–H groups in total. The number of rotatable bonds is 52. The number of unbranched alkanes of at least 4 members (excludes halogenated alkanes) is 37. The summed E-state index contributed by atoms with van der Waals surface area (Å²) in [5.74, 6) is -0.872. The van der Waals surface area contributed by atoms with Gasteiger partial charge in [-0.3, -0.25) is 14.4 Å². The van der Waals surface area contributed by atoms with Crippen LogP contribution < -0.4 is 0 Å². The van der Waals surface area contributed by atoms with E-state index in [0.29, 0.717) is 19.3 Å². The normalized spacial score (nSPS) is 12.1. The third kappa shape index (κ3) is 50.9. The fourth-order valence-electron chi connectivity index (χ4n) is 8.37. The van der Waals surface area contributed by atoms with Gasteiger partial charge in [-0.05, 0) is 70.6 Å². The second kappa shape index (κ2) is 53.5. The Hall–Kier alpha value is -2.11. The highest BCUT2D eigenvalue weighted by molar-refractivity contribution is 5.71. The summed E-state index contributed by atoms with van der Waals surface area (Å²) >= 11 is 0. The lowest BCUT2D eigenvalue weighted by Gasteiger charge is -2.18. The molecule has 0 unspecified atom stereocenters. The standard InChI is InChI=1S/C58H108O6/c1-4-7-10-13-16-19-22-25-27-29-31-33-36-39-42-45-48-51-57(60)63-54-55(53-62-56(59)50-47-44-41-38-35-32-24-21-18-15-12-9-6-3)64-58(61)52-49-46-43-40-37-34-30-28-26-23-20-17-14-11-8-5-2/h21,24,28,30,55H,4-20,22-23,25-27,29,31-54H2,1-3H3/b24-21-,30-28-/t55-/m1/s1. The van der Waals surface area contributed by atoms with E-state index in [1.165, 1.54) is 199 Å². The van der Waals surface area contributed by atoms with E-state index in [9.17, 15) is 14.4 Å². The van der Waals surface area contributed by atoms with E-state index in [-0.39, 0.29) is 31.1 Å². The van der Waals surface area contributed by atoms with Crippen LogP contribution in [0.4, 0.5) is 0 Å². The zero-order chi connectivity index (χ0) is 46.5. The molecule has 64 heavy (non-hydrogen) atoms. The van der Waals surface area contributed by atoms with Crippen molar-refractivity contribution in [3.63, 3.8) is 0 Å². The van der Waals surface area contributed by atoms with Crippen molar-refractivity contribution in [1.29, 1.82) is 0 Å². The van der Waals surface area contributed by atoms with E-state index in [4.69, 9.17) is 14.2 Å². The average Bonchev–Trinajstić information content (AvgIpc) is 3.29. The fraction of sp³-hybridized carbons (Fsp3) is 0.879. The molecule has 376 valence electrons. The summed E-state index contributed by atoms with van der Waals surface area (Å²) in [5.41, 5.74) is 0. The molecule has 0 saturated heterocycles. The number of hydrogen-bond acceptors (Lipinski definition) is 6. The summed E-state index contributed by atoms with van der Waals surface area (Å²) in [5, 5.41) is 0. The molecular formula is C58H108O6. The van der Waals surface area contributed by atoms with Crippen LogP contribution >= 0.6 is 0 Å². The number of carbonyl (C=O) groups excluding carboxylic acids is 3. The van der Waals surface area contributed by atoms with Gasteiger partial charge in [0, 0.05) is 19.3 Å². The molecule has 0 aromatic heterocycles. The summed E-state index contributed by atoms with van der Waals surface area (Å²) in [6.45, 7) is 6.65. The molecule has 0 aliphatic heterocycles. The largest absolute Gasteiger partial charge is 0.462 e. The highest BCUT2D eigenvalue weighted by atomic mass is 16.6. The number of ether oxygens (including phenoxy) is 3. The molecule has 6 nitrogen and oxygen atoms in total. The maximum Gasteiger partial charge on any atom is 0.306 e. The summed E-state index contributed by atoms with van der Waals surface area (Å²) in [7, 11) is 0. The van der Waals surface area contributed by atoms with Crippen LogP contribution in [0.1, 0.15) is 310 Å². The van der Waals surface area contributed by atoms with Crippen molar-refractivity contribution in [3.8, 4) is 0 Å². The Bertz CT molecular complexity index is 1040. The van der Waals surface area contributed by atoms with E-state index in [1.54, 1.807) is 0 Å². The molecule has 0 saturated carbocycles. The van der Waals surface area contributed by atoms with Crippen LogP contribution in [-0.2, 0) is 28.6 Å². The molecule has 0 radical (unpaired) electrons. The fourth-order valence-corrected chi connectivity index (χ4v) is 8.37. The van der Waals surface area contributed by atoms with Gasteiger partial charge in [-0.1, -0.05) is 244 Å². The zero-order valence-electron chi connectivity index (χ0n) is 43.1. The molecule has 0 amide bonds. The summed E-state index contributed by atoms with van der Waals surface area (Å²) in [6, 6.07) is 0. The first-order valence-corrected chi connectivity index (χ1v) is 28.3. The molecule has 0 aromatic carbocycles. The minimum atomic E-state index is -0.775. The van der Waals surface area contributed by atoms with Crippen molar-refractivity contribution in [2.24, 2.45) is 0 Å². The Balaban J connectivity index is 4.34. The first kappa shape index (κ1) is 61.9. The minimum absolute atomic E-state index is 0.0729. The zero-order valence-corrected chi connectivity index (χ0v) is 43.1. The Labute approximate surface area is 398 Å². The third-order valence-corrected chi connectivity index (χ3v) is 12.7. The van der Waals surface area contributed by atoms with Crippen LogP contribution in [-0.4, -0.2) is 37.2 Å². The van der Waals surface area contributed by atoms with Crippen LogP contribution in [0.2, 0.25) is 0 Å². The van der Waals surface area contributed by atoms with Crippen LogP contribution in [0, 0.1) is 0 Å². The number of esters is 3. The highest BCUT2D eigenvalue weighted by Crippen LogP contribution is 2.16. The molecule has 0 spiro atoms. The Morgan fingerprint density at radius 1 is 0.297 bits per heavy atom. The maximum atomic E-state index is 12.8. The first-order valence-electron chi connectivity index (χ1n) is 28.3. The predicted octanol–water partition coefficient (Wildman–Crippen LogP) is 18.7. The molecule has 0 heterocycles. The van der Waals surface area contributed by atoms with Gasteiger partial charge < -0.3 is 14.2 Å².